The Morgan fingerprint density at radius 1 is 0.968 bits per heavy atom. The second-order valence-corrected chi connectivity index (χ2v) is 10.7. The number of allylic oxidation sites excluding steroid dienone is 3. The van der Waals surface area contributed by atoms with Crippen molar-refractivity contribution in [2.75, 3.05) is 0 Å². The lowest BCUT2D eigenvalue weighted by Crippen LogP contribution is -2.33. The molecule has 0 heterocycles. The van der Waals surface area contributed by atoms with Crippen molar-refractivity contribution in [3.05, 3.63) is 82.4 Å². The summed E-state index contributed by atoms with van der Waals surface area (Å²) in [6, 6.07) is 15.6. The SMILES string of the molecule is CC(=CC(=O)O)c1ccc(C2C=C(c3ccc4c(c3)C(C)(C)CCC4(C)C)CC2)cc1. The molecule has 31 heavy (non-hydrogen) atoms. The first-order chi connectivity index (χ1) is 14.6. The second kappa shape index (κ2) is 7.82. The standard InChI is InChI=1S/C29H34O2/c1-19(16-27(30)31)20-6-8-21(9-7-20)22-10-11-23(17-22)24-12-13-25-26(18-24)29(4,5)15-14-28(25,2)3/h6-9,12-13,16-18,22H,10-11,14-15H2,1-5H3,(H,30,31). The average Bonchev–Trinajstić information content (AvgIpc) is 3.21. The Hall–Kier alpha value is -2.61. The Bertz CT molecular complexity index is 1060. The molecule has 2 nitrogen and oxygen atoms in total. The summed E-state index contributed by atoms with van der Waals surface area (Å²) in [5, 5.41) is 8.96. The van der Waals surface area contributed by atoms with Gasteiger partial charge in [0.2, 0.25) is 0 Å². The van der Waals surface area contributed by atoms with Crippen LogP contribution in [0.2, 0.25) is 0 Å². The summed E-state index contributed by atoms with van der Waals surface area (Å²) < 4.78 is 0. The van der Waals surface area contributed by atoms with Gasteiger partial charge in [-0.2, -0.15) is 0 Å². The molecular weight excluding hydrogens is 380 g/mol. The topological polar surface area (TPSA) is 37.3 Å². The number of fused-ring (bicyclic) bond motifs is 1. The average molecular weight is 415 g/mol. The van der Waals surface area contributed by atoms with Crippen LogP contribution in [-0.2, 0) is 15.6 Å². The van der Waals surface area contributed by atoms with E-state index in [4.69, 9.17) is 5.11 Å². The molecule has 0 aromatic heterocycles. The number of aliphatic carboxylic acids is 1. The third-order valence-corrected chi connectivity index (χ3v) is 7.48. The molecule has 162 valence electrons. The minimum absolute atomic E-state index is 0.233. The lowest BCUT2D eigenvalue weighted by atomic mass is 9.63. The molecule has 0 bridgehead atoms. The molecule has 0 aliphatic heterocycles. The highest BCUT2D eigenvalue weighted by Crippen LogP contribution is 2.47. The summed E-state index contributed by atoms with van der Waals surface area (Å²) in [6.45, 7) is 11.4. The van der Waals surface area contributed by atoms with Gasteiger partial charge in [0.05, 0.1) is 0 Å². The summed E-state index contributed by atoms with van der Waals surface area (Å²) in [5.41, 5.74) is 9.41. The largest absolute Gasteiger partial charge is 0.478 e. The quantitative estimate of drug-likeness (QED) is 0.526. The van der Waals surface area contributed by atoms with Crippen molar-refractivity contribution in [2.45, 2.75) is 77.0 Å². The van der Waals surface area contributed by atoms with E-state index in [0.717, 1.165) is 24.0 Å². The molecule has 2 aliphatic carbocycles. The van der Waals surface area contributed by atoms with Crippen LogP contribution in [0.3, 0.4) is 0 Å². The van der Waals surface area contributed by atoms with Crippen molar-refractivity contribution in [1.29, 1.82) is 0 Å². The van der Waals surface area contributed by atoms with E-state index >= 15 is 0 Å². The Balaban J connectivity index is 1.60. The summed E-state index contributed by atoms with van der Waals surface area (Å²) in [5.74, 6) is -0.477. The number of hydrogen-bond donors (Lipinski definition) is 1. The predicted molar refractivity (Wildman–Crippen MR) is 129 cm³/mol. The molecule has 2 aliphatic rings. The van der Waals surface area contributed by atoms with Gasteiger partial charge in [-0.05, 0) is 82.4 Å². The number of rotatable bonds is 4. The van der Waals surface area contributed by atoms with Gasteiger partial charge in [0, 0.05) is 12.0 Å². The molecule has 1 atom stereocenters. The first kappa shape index (κ1) is 21.6. The molecule has 0 radical (unpaired) electrons. The molecule has 1 N–H and O–H groups in total. The fourth-order valence-electron chi connectivity index (χ4n) is 5.27. The lowest BCUT2D eigenvalue weighted by Gasteiger charge is -2.42. The van der Waals surface area contributed by atoms with E-state index in [9.17, 15) is 4.79 Å². The van der Waals surface area contributed by atoms with Gasteiger partial charge in [0.1, 0.15) is 0 Å². The van der Waals surface area contributed by atoms with Gasteiger partial charge in [0.15, 0.2) is 0 Å². The zero-order chi connectivity index (χ0) is 22.4. The number of hydrogen-bond acceptors (Lipinski definition) is 1. The smallest absolute Gasteiger partial charge is 0.328 e. The second-order valence-electron chi connectivity index (χ2n) is 10.7. The van der Waals surface area contributed by atoms with E-state index in [1.165, 1.54) is 46.7 Å². The third-order valence-electron chi connectivity index (χ3n) is 7.48. The molecule has 0 fully saturated rings. The van der Waals surface area contributed by atoms with Crippen LogP contribution in [-0.4, -0.2) is 11.1 Å². The molecule has 4 rings (SSSR count). The highest BCUT2D eigenvalue weighted by atomic mass is 16.4. The Morgan fingerprint density at radius 3 is 2.26 bits per heavy atom. The monoisotopic (exact) mass is 414 g/mol. The zero-order valence-electron chi connectivity index (χ0n) is 19.5. The number of carboxylic acids is 1. The van der Waals surface area contributed by atoms with Crippen molar-refractivity contribution in [3.8, 4) is 0 Å². The zero-order valence-corrected chi connectivity index (χ0v) is 19.5. The highest BCUT2D eigenvalue weighted by molar-refractivity contribution is 5.89. The van der Waals surface area contributed by atoms with Gasteiger partial charge in [-0.25, -0.2) is 4.79 Å². The van der Waals surface area contributed by atoms with Gasteiger partial charge in [0.25, 0.3) is 0 Å². The van der Waals surface area contributed by atoms with Crippen LogP contribution in [0.5, 0.6) is 0 Å². The van der Waals surface area contributed by atoms with E-state index < -0.39 is 5.97 Å². The van der Waals surface area contributed by atoms with Crippen molar-refractivity contribution >= 4 is 17.1 Å². The molecule has 2 heteroatoms. The highest BCUT2D eigenvalue weighted by Gasteiger charge is 2.37. The Kier molecular flexibility index (Phi) is 5.45. The lowest BCUT2D eigenvalue weighted by molar-refractivity contribution is -0.131. The molecule has 0 spiro atoms. The molecule has 0 saturated heterocycles. The van der Waals surface area contributed by atoms with Crippen molar-refractivity contribution in [2.24, 2.45) is 0 Å². The summed E-state index contributed by atoms with van der Waals surface area (Å²) in [6.07, 6.45) is 8.42. The van der Waals surface area contributed by atoms with Crippen LogP contribution in [0.15, 0.2) is 54.6 Å². The maximum Gasteiger partial charge on any atom is 0.328 e. The summed E-state index contributed by atoms with van der Waals surface area (Å²) in [7, 11) is 0. The van der Waals surface area contributed by atoms with Crippen molar-refractivity contribution in [3.63, 3.8) is 0 Å². The third kappa shape index (κ3) is 4.26. The molecule has 0 saturated carbocycles. The minimum Gasteiger partial charge on any atom is -0.478 e. The first-order valence-corrected chi connectivity index (χ1v) is 11.4. The maximum absolute atomic E-state index is 10.9. The number of benzene rings is 2. The fourth-order valence-corrected chi connectivity index (χ4v) is 5.27. The molecule has 2 aromatic carbocycles. The van der Waals surface area contributed by atoms with Crippen LogP contribution in [0.4, 0.5) is 0 Å². The van der Waals surface area contributed by atoms with Crippen LogP contribution in [0, 0.1) is 0 Å². The van der Waals surface area contributed by atoms with Gasteiger partial charge in [-0.1, -0.05) is 76.2 Å². The van der Waals surface area contributed by atoms with Gasteiger partial charge < -0.3 is 5.11 Å². The normalized spacial score (nSPS) is 22.0. The summed E-state index contributed by atoms with van der Waals surface area (Å²) in [4.78, 5) is 10.9. The molecule has 0 amide bonds. The van der Waals surface area contributed by atoms with E-state index in [-0.39, 0.29) is 10.8 Å². The van der Waals surface area contributed by atoms with Crippen LogP contribution in [0.25, 0.3) is 11.1 Å². The number of carbonyl (C=O) groups is 1. The van der Waals surface area contributed by atoms with E-state index in [2.05, 4.69) is 64.1 Å². The predicted octanol–water partition coefficient (Wildman–Crippen LogP) is 7.48. The van der Waals surface area contributed by atoms with Crippen LogP contribution >= 0.6 is 0 Å². The van der Waals surface area contributed by atoms with Crippen molar-refractivity contribution in [1.82, 2.24) is 0 Å². The molecular formula is C29H34O2. The van der Waals surface area contributed by atoms with Crippen molar-refractivity contribution < 1.29 is 9.90 Å². The van der Waals surface area contributed by atoms with Gasteiger partial charge in [-0.15, -0.1) is 0 Å². The maximum atomic E-state index is 10.9. The van der Waals surface area contributed by atoms with E-state index in [1.54, 1.807) is 0 Å². The Labute approximate surface area is 186 Å². The molecule has 1 unspecified atom stereocenters. The van der Waals surface area contributed by atoms with E-state index in [1.807, 2.05) is 19.1 Å². The van der Waals surface area contributed by atoms with E-state index in [0.29, 0.717) is 5.92 Å². The fraction of sp³-hybridized carbons (Fsp3) is 0.414. The van der Waals surface area contributed by atoms with Gasteiger partial charge in [-0.3, -0.25) is 0 Å². The van der Waals surface area contributed by atoms with Gasteiger partial charge >= 0.3 is 5.97 Å². The minimum atomic E-state index is -0.901. The summed E-state index contributed by atoms with van der Waals surface area (Å²) >= 11 is 0. The molecule has 2 aromatic rings. The van der Waals surface area contributed by atoms with Crippen LogP contribution in [0.1, 0.15) is 94.0 Å². The Morgan fingerprint density at radius 2 is 1.61 bits per heavy atom. The first-order valence-electron chi connectivity index (χ1n) is 11.4. The van der Waals surface area contributed by atoms with Crippen LogP contribution < -0.4 is 0 Å². The number of carboxylic acid groups (broad SMARTS) is 1.